The second kappa shape index (κ2) is 7.75. The molecule has 0 atom stereocenters. The van der Waals surface area contributed by atoms with Gasteiger partial charge in [0.2, 0.25) is 5.95 Å². The summed E-state index contributed by atoms with van der Waals surface area (Å²) in [7, 11) is 0. The molecule has 3 heterocycles. The lowest BCUT2D eigenvalue weighted by Gasteiger charge is -2.09. The monoisotopic (exact) mass is 417 g/mol. The molecular formula is C22H23N7O2. The van der Waals surface area contributed by atoms with Gasteiger partial charge in [-0.15, -0.1) is 0 Å². The maximum Gasteiger partial charge on any atom is 0.321 e. The molecule has 1 aliphatic rings. The zero-order valence-electron chi connectivity index (χ0n) is 17.1. The van der Waals surface area contributed by atoms with Crippen LogP contribution in [0.2, 0.25) is 0 Å². The molecule has 0 bridgehead atoms. The van der Waals surface area contributed by atoms with Crippen LogP contribution in [0.15, 0.2) is 53.7 Å². The van der Waals surface area contributed by atoms with Crippen molar-refractivity contribution in [1.82, 2.24) is 29.6 Å². The first-order chi connectivity index (χ1) is 15.1. The lowest BCUT2D eigenvalue weighted by atomic mass is 10.1. The summed E-state index contributed by atoms with van der Waals surface area (Å²) in [5.41, 5.74) is 3.83. The molecule has 31 heavy (non-hydrogen) atoms. The number of aromatic amines is 1. The molecule has 3 aromatic heterocycles. The van der Waals surface area contributed by atoms with Gasteiger partial charge < -0.3 is 14.9 Å². The highest BCUT2D eigenvalue weighted by Crippen LogP contribution is 2.31. The first kappa shape index (κ1) is 19.1. The molecule has 0 spiro atoms. The number of nitrogens with one attached hydrogen (secondary N) is 3. The van der Waals surface area contributed by atoms with Gasteiger partial charge in [0.25, 0.3) is 5.56 Å². The van der Waals surface area contributed by atoms with Crippen molar-refractivity contribution in [2.24, 2.45) is 5.92 Å². The third kappa shape index (κ3) is 3.94. The minimum Gasteiger partial charge on any atom is -0.338 e. The number of nitrogens with zero attached hydrogens (tertiary/aromatic N) is 4. The summed E-state index contributed by atoms with van der Waals surface area (Å²) >= 11 is 0. The SMILES string of the molecule is CCNC(=O)Nc1nc2c(-n3cccn3)cc(-c3ccn(CC4CC4)c(=O)c3)cc2[nH]1. The predicted molar refractivity (Wildman–Crippen MR) is 118 cm³/mol. The fraction of sp³-hybridized carbons (Fsp3) is 0.273. The molecule has 0 saturated heterocycles. The molecule has 0 aliphatic heterocycles. The summed E-state index contributed by atoms with van der Waals surface area (Å²) in [5, 5.41) is 9.73. The van der Waals surface area contributed by atoms with E-state index in [0.29, 0.717) is 23.9 Å². The first-order valence-corrected chi connectivity index (χ1v) is 10.4. The standard InChI is InChI=1S/C22H23N7O2/c1-2-23-22(31)27-21-25-17-10-16(11-18(20(17)26-21)29-8-3-7-24-29)15-6-9-28(19(30)12-15)13-14-4-5-14/h3,6-12,14H,2,4-5,13H2,1H3,(H3,23,25,26,27,31). The summed E-state index contributed by atoms with van der Waals surface area (Å²) in [5.74, 6) is 0.971. The third-order valence-electron chi connectivity index (χ3n) is 5.37. The maximum atomic E-state index is 12.6. The van der Waals surface area contributed by atoms with Crippen LogP contribution in [0.25, 0.3) is 27.8 Å². The number of imidazole rings is 1. The summed E-state index contributed by atoms with van der Waals surface area (Å²) in [6, 6.07) is 9.01. The maximum absolute atomic E-state index is 12.6. The molecule has 3 N–H and O–H groups in total. The molecule has 9 nitrogen and oxygen atoms in total. The van der Waals surface area contributed by atoms with Gasteiger partial charge in [-0.05, 0) is 61.1 Å². The van der Waals surface area contributed by atoms with Gasteiger partial charge in [-0.3, -0.25) is 10.1 Å². The lowest BCUT2D eigenvalue weighted by molar-refractivity contribution is 0.252. The number of benzene rings is 1. The molecule has 1 aliphatic carbocycles. The molecule has 1 aromatic carbocycles. The van der Waals surface area contributed by atoms with Crippen LogP contribution in [0.5, 0.6) is 0 Å². The second-order valence-electron chi connectivity index (χ2n) is 7.76. The molecular weight excluding hydrogens is 394 g/mol. The largest absolute Gasteiger partial charge is 0.338 e. The van der Waals surface area contributed by atoms with E-state index in [1.807, 2.05) is 43.6 Å². The number of H-pyrrole nitrogens is 1. The number of rotatable bonds is 6. The van der Waals surface area contributed by atoms with Crippen LogP contribution in [0.3, 0.4) is 0 Å². The van der Waals surface area contributed by atoms with Crippen LogP contribution in [-0.4, -0.2) is 36.9 Å². The van der Waals surface area contributed by atoms with Crippen LogP contribution in [0, 0.1) is 5.92 Å². The molecule has 0 radical (unpaired) electrons. The van der Waals surface area contributed by atoms with E-state index >= 15 is 0 Å². The molecule has 0 unspecified atom stereocenters. The van der Waals surface area contributed by atoms with Gasteiger partial charge in [0.05, 0.1) is 11.2 Å². The Labute approximate surface area is 178 Å². The summed E-state index contributed by atoms with van der Waals surface area (Å²) in [6.45, 7) is 3.14. The third-order valence-corrected chi connectivity index (χ3v) is 5.37. The van der Waals surface area contributed by atoms with Crippen LogP contribution >= 0.6 is 0 Å². The van der Waals surface area contributed by atoms with Gasteiger partial charge in [-0.1, -0.05) is 0 Å². The number of pyridine rings is 1. The summed E-state index contributed by atoms with van der Waals surface area (Å²) < 4.78 is 3.50. The van der Waals surface area contributed by atoms with Crippen molar-refractivity contribution >= 4 is 23.0 Å². The number of fused-ring (bicyclic) bond motifs is 1. The summed E-state index contributed by atoms with van der Waals surface area (Å²) in [4.78, 5) is 32.2. The fourth-order valence-corrected chi connectivity index (χ4v) is 3.64. The Hall–Kier alpha value is -3.88. The van der Waals surface area contributed by atoms with Gasteiger partial charge in [0.15, 0.2) is 0 Å². The molecule has 158 valence electrons. The van der Waals surface area contributed by atoms with Crippen LogP contribution in [-0.2, 0) is 6.54 Å². The molecule has 5 rings (SSSR count). The number of hydrogen-bond acceptors (Lipinski definition) is 4. The minimum absolute atomic E-state index is 0.00617. The van der Waals surface area contributed by atoms with Crippen molar-refractivity contribution in [3.8, 4) is 16.8 Å². The van der Waals surface area contributed by atoms with Crippen LogP contribution in [0.4, 0.5) is 10.7 Å². The van der Waals surface area contributed by atoms with Gasteiger partial charge in [0, 0.05) is 37.7 Å². The van der Waals surface area contributed by atoms with Crippen molar-refractivity contribution in [1.29, 1.82) is 0 Å². The van der Waals surface area contributed by atoms with E-state index in [4.69, 9.17) is 0 Å². The number of amides is 2. The van der Waals surface area contributed by atoms with Gasteiger partial charge in [0.1, 0.15) is 5.52 Å². The highest BCUT2D eigenvalue weighted by atomic mass is 16.2. The van der Waals surface area contributed by atoms with Crippen molar-refractivity contribution in [2.75, 3.05) is 11.9 Å². The average molecular weight is 417 g/mol. The molecule has 9 heteroatoms. The van der Waals surface area contributed by atoms with E-state index in [0.717, 1.165) is 28.9 Å². The Balaban J connectivity index is 1.57. The Kier molecular flexibility index (Phi) is 4.78. The smallest absolute Gasteiger partial charge is 0.321 e. The Morgan fingerprint density at radius 1 is 1.23 bits per heavy atom. The number of carbonyl (C=O) groups is 1. The Morgan fingerprint density at radius 3 is 2.81 bits per heavy atom. The van der Waals surface area contributed by atoms with Crippen molar-refractivity contribution < 1.29 is 4.79 Å². The Morgan fingerprint density at radius 2 is 2.10 bits per heavy atom. The molecule has 2 amide bonds. The average Bonchev–Trinajstić information content (AvgIpc) is 3.23. The molecule has 1 fully saturated rings. The van der Waals surface area contributed by atoms with Crippen molar-refractivity contribution in [3.63, 3.8) is 0 Å². The zero-order valence-corrected chi connectivity index (χ0v) is 17.1. The first-order valence-electron chi connectivity index (χ1n) is 10.4. The van der Waals surface area contributed by atoms with E-state index in [1.165, 1.54) is 12.8 Å². The number of carbonyl (C=O) groups excluding carboxylic acids is 1. The highest BCUT2D eigenvalue weighted by molar-refractivity contribution is 5.94. The molecule has 4 aromatic rings. The number of anilines is 1. The fourth-order valence-electron chi connectivity index (χ4n) is 3.64. The number of aromatic nitrogens is 5. The van der Waals surface area contributed by atoms with E-state index in [9.17, 15) is 9.59 Å². The second-order valence-corrected chi connectivity index (χ2v) is 7.76. The van der Waals surface area contributed by atoms with E-state index in [2.05, 4.69) is 25.7 Å². The predicted octanol–water partition coefficient (Wildman–Crippen LogP) is 3.13. The Bertz CT molecular complexity index is 1300. The van der Waals surface area contributed by atoms with Crippen LogP contribution in [0.1, 0.15) is 19.8 Å². The minimum atomic E-state index is -0.332. The van der Waals surface area contributed by atoms with E-state index < -0.39 is 0 Å². The van der Waals surface area contributed by atoms with Crippen LogP contribution < -0.4 is 16.2 Å². The van der Waals surface area contributed by atoms with Crippen molar-refractivity contribution in [3.05, 3.63) is 59.3 Å². The van der Waals surface area contributed by atoms with E-state index in [1.54, 1.807) is 21.5 Å². The lowest BCUT2D eigenvalue weighted by Crippen LogP contribution is -2.28. The van der Waals surface area contributed by atoms with Gasteiger partial charge >= 0.3 is 6.03 Å². The molecule has 1 saturated carbocycles. The van der Waals surface area contributed by atoms with E-state index in [-0.39, 0.29) is 11.6 Å². The zero-order chi connectivity index (χ0) is 21.4. The van der Waals surface area contributed by atoms with Gasteiger partial charge in [-0.25, -0.2) is 14.5 Å². The normalized spacial score (nSPS) is 13.5. The number of urea groups is 1. The number of hydrogen-bond donors (Lipinski definition) is 3. The highest BCUT2D eigenvalue weighted by Gasteiger charge is 2.22. The van der Waals surface area contributed by atoms with Crippen molar-refractivity contribution in [2.45, 2.75) is 26.3 Å². The topological polar surface area (TPSA) is 110 Å². The van der Waals surface area contributed by atoms with Gasteiger partial charge in [-0.2, -0.15) is 5.10 Å². The summed E-state index contributed by atoms with van der Waals surface area (Å²) in [6.07, 6.45) is 7.79. The quantitative estimate of drug-likeness (QED) is 0.448.